The highest BCUT2D eigenvalue weighted by Crippen LogP contribution is 2.35. The van der Waals surface area contributed by atoms with Crippen LogP contribution in [0.25, 0.3) is 0 Å². The molecular formula is C10H9ClINOS. The predicted molar refractivity (Wildman–Crippen MR) is 74.0 cm³/mol. The normalized spacial score (nSPS) is 16.1. The van der Waals surface area contributed by atoms with Crippen molar-refractivity contribution in [2.24, 2.45) is 0 Å². The first-order chi connectivity index (χ1) is 7.22. The summed E-state index contributed by atoms with van der Waals surface area (Å²) < 4.78 is 2.12. The molecule has 15 heavy (non-hydrogen) atoms. The molecule has 1 aromatic rings. The highest BCUT2D eigenvalue weighted by atomic mass is 127. The Bertz CT molecular complexity index is 399. The van der Waals surface area contributed by atoms with Gasteiger partial charge in [-0.05, 0) is 24.6 Å². The number of hydrogen-bond acceptors (Lipinski definition) is 3. The summed E-state index contributed by atoms with van der Waals surface area (Å²) in [5, 5.41) is 0.680. The standard InChI is InChI=1S/C10H9ClINOS/c11-7-3-4-8-9(6-7)13(15-12)5-1-2-10(8)14/h3-4,6H,1-2,5H2. The SMILES string of the molecule is O=C1CCCN(SI)c2cc(Cl)ccc21. The predicted octanol–water partition coefficient (Wildman–Crippen LogP) is 4.12. The molecule has 80 valence electrons. The Morgan fingerprint density at radius 3 is 3.00 bits per heavy atom. The van der Waals surface area contributed by atoms with Crippen LogP contribution in [0.1, 0.15) is 23.2 Å². The molecule has 0 aromatic heterocycles. The average Bonchev–Trinajstić information content (AvgIpc) is 2.38. The molecule has 0 saturated heterocycles. The Hall–Kier alpha value is 0.0600. The molecule has 5 heteroatoms. The number of carbonyl (C=O) groups excluding carboxylic acids is 1. The molecule has 0 atom stereocenters. The number of fused-ring (bicyclic) bond motifs is 1. The Morgan fingerprint density at radius 1 is 1.47 bits per heavy atom. The zero-order valence-electron chi connectivity index (χ0n) is 7.87. The third-order valence-corrected chi connectivity index (χ3v) is 4.58. The number of anilines is 1. The van der Waals surface area contributed by atoms with Crippen molar-refractivity contribution in [2.45, 2.75) is 12.8 Å². The first-order valence-corrected chi connectivity index (χ1v) is 8.31. The molecule has 0 bridgehead atoms. The van der Waals surface area contributed by atoms with E-state index in [2.05, 4.69) is 25.5 Å². The molecule has 1 heterocycles. The smallest absolute Gasteiger partial charge is 0.165 e. The van der Waals surface area contributed by atoms with Crippen LogP contribution in [0.15, 0.2) is 18.2 Å². The summed E-state index contributed by atoms with van der Waals surface area (Å²) in [4.78, 5) is 11.8. The number of ketones is 1. The van der Waals surface area contributed by atoms with E-state index in [-0.39, 0.29) is 5.78 Å². The van der Waals surface area contributed by atoms with Crippen molar-refractivity contribution in [1.29, 1.82) is 0 Å². The van der Waals surface area contributed by atoms with Gasteiger partial charge in [-0.2, -0.15) is 0 Å². The number of Topliss-reactive ketones (excluding diaryl/α,β-unsaturated/α-hetero) is 1. The fourth-order valence-electron chi connectivity index (χ4n) is 1.66. The maximum atomic E-state index is 11.8. The Kier molecular flexibility index (Phi) is 3.79. The van der Waals surface area contributed by atoms with E-state index in [1.54, 1.807) is 15.2 Å². The van der Waals surface area contributed by atoms with E-state index >= 15 is 0 Å². The van der Waals surface area contributed by atoms with Crippen LogP contribution in [0.3, 0.4) is 0 Å². The van der Waals surface area contributed by atoms with E-state index in [1.807, 2.05) is 12.1 Å². The third kappa shape index (κ3) is 2.42. The minimum absolute atomic E-state index is 0.217. The van der Waals surface area contributed by atoms with E-state index in [0.29, 0.717) is 11.4 Å². The molecule has 0 N–H and O–H groups in total. The highest BCUT2D eigenvalue weighted by Gasteiger charge is 2.20. The molecule has 0 spiro atoms. The van der Waals surface area contributed by atoms with Gasteiger partial charge in [0.15, 0.2) is 5.78 Å². The number of rotatable bonds is 1. The maximum Gasteiger partial charge on any atom is 0.165 e. The van der Waals surface area contributed by atoms with Gasteiger partial charge < -0.3 is 4.31 Å². The lowest BCUT2D eigenvalue weighted by atomic mass is 10.1. The lowest BCUT2D eigenvalue weighted by Gasteiger charge is -2.19. The van der Waals surface area contributed by atoms with Crippen LogP contribution in [0, 0.1) is 0 Å². The van der Waals surface area contributed by atoms with Gasteiger partial charge in [-0.1, -0.05) is 11.6 Å². The second-order valence-electron chi connectivity index (χ2n) is 3.36. The molecule has 0 aliphatic carbocycles. The molecule has 1 aliphatic rings. The Labute approximate surface area is 110 Å². The van der Waals surface area contributed by atoms with Gasteiger partial charge in [0.2, 0.25) is 0 Å². The van der Waals surface area contributed by atoms with Crippen molar-refractivity contribution < 1.29 is 4.79 Å². The largest absolute Gasteiger partial charge is 0.307 e. The topological polar surface area (TPSA) is 20.3 Å². The van der Waals surface area contributed by atoms with Gasteiger partial charge >= 0.3 is 0 Å². The molecule has 1 aromatic carbocycles. The molecule has 2 rings (SSSR count). The van der Waals surface area contributed by atoms with Gasteiger partial charge in [0, 0.05) is 53.9 Å². The summed E-state index contributed by atoms with van der Waals surface area (Å²) in [5.74, 6) is 0.217. The molecule has 0 amide bonds. The molecule has 1 aliphatic heterocycles. The fourth-order valence-corrected chi connectivity index (χ4v) is 3.47. The number of benzene rings is 1. The Balaban J connectivity index is 2.51. The minimum Gasteiger partial charge on any atom is -0.307 e. The van der Waals surface area contributed by atoms with Crippen molar-refractivity contribution in [3.8, 4) is 0 Å². The number of halogens is 2. The summed E-state index contributed by atoms with van der Waals surface area (Å²) in [6, 6.07) is 5.47. The van der Waals surface area contributed by atoms with Crippen molar-refractivity contribution in [2.75, 3.05) is 10.8 Å². The summed E-state index contributed by atoms with van der Waals surface area (Å²) in [7, 11) is 1.60. The molecule has 0 fully saturated rings. The van der Waals surface area contributed by atoms with Crippen molar-refractivity contribution >= 4 is 53.4 Å². The average molecular weight is 354 g/mol. The zero-order valence-corrected chi connectivity index (χ0v) is 11.6. The van der Waals surface area contributed by atoms with Crippen LogP contribution < -0.4 is 4.31 Å². The molecule has 0 radical (unpaired) electrons. The molecule has 2 nitrogen and oxygen atoms in total. The van der Waals surface area contributed by atoms with Crippen LogP contribution in [0.5, 0.6) is 0 Å². The minimum atomic E-state index is 0.217. The second kappa shape index (κ2) is 4.93. The van der Waals surface area contributed by atoms with Crippen LogP contribution in [-0.4, -0.2) is 12.3 Å². The van der Waals surface area contributed by atoms with E-state index in [4.69, 9.17) is 11.6 Å². The van der Waals surface area contributed by atoms with Gasteiger partial charge in [0.05, 0.1) is 5.69 Å². The number of carbonyl (C=O) groups is 1. The monoisotopic (exact) mass is 353 g/mol. The quantitative estimate of drug-likeness (QED) is 0.559. The van der Waals surface area contributed by atoms with Gasteiger partial charge in [-0.25, -0.2) is 0 Å². The summed E-state index contributed by atoms with van der Waals surface area (Å²) in [6.07, 6.45) is 1.53. The van der Waals surface area contributed by atoms with E-state index < -0.39 is 0 Å². The summed E-state index contributed by atoms with van der Waals surface area (Å²) in [6.45, 7) is 0.896. The van der Waals surface area contributed by atoms with E-state index in [1.165, 1.54) is 0 Å². The van der Waals surface area contributed by atoms with Gasteiger partial charge in [-0.15, -0.1) is 0 Å². The lowest BCUT2D eigenvalue weighted by molar-refractivity contribution is 0.0984. The first kappa shape index (κ1) is 11.5. The van der Waals surface area contributed by atoms with Crippen molar-refractivity contribution in [3.63, 3.8) is 0 Å². The Morgan fingerprint density at radius 2 is 2.27 bits per heavy atom. The molecular weight excluding hydrogens is 345 g/mol. The summed E-state index contributed by atoms with van der Waals surface area (Å²) in [5.41, 5.74) is 1.74. The first-order valence-electron chi connectivity index (χ1n) is 4.61. The van der Waals surface area contributed by atoms with Crippen molar-refractivity contribution in [3.05, 3.63) is 28.8 Å². The third-order valence-electron chi connectivity index (χ3n) is 2.38. The summed E-state index contributed by atoms with van der Waals surface area (Å²) >= 11 is 8.18. The highest BCUT2D eigenvalue weighted by molar-refractivity contribution is 14.2. The lowest BCUT2D eigenvalue weighted by Crippen LogP contribution is -2.13. The van der Waals surface area contributed by atoms with Gasteiger partial charge in [0.1, 0.15) is 0 Å². The number of nitrogens with zero attached hydrogens (tertiary/aromatic N) is 1. The maximum absolute atomic E-state index is 11.8. The van der Waals surface area contributed by atoms with Gasteiger partial charge in [0.25, 0.3) is 0 Å². The fraction of sp³-hybridized carbons (Fsp3) is 0.300. The molecule has 0 saturated carbocycles. The van der Waals surface area contributed by atoms with Crippen LogP contribution in [-0.2, 0) is 0 Å². The van der Waals surface area contributed by atoms with E-state index in [9.17, 15) is 4.79 Å². The van der Waals surface area contributed by atoms with E-state index in [0.717, 1.165) is 24.2 Å². The van der Waals surface area contributed by atoms with Crippen molar-refractivity contribution in [1.82, 2.24) is 0 Å². The zero-order chi connectivity index (χ0) is 10.8. The van der Waals surface area contributed by atoms with Crippen LogP contribution in [0.4, 0.5) is 5.69 Å². The molecule has 0 unspecified atom stereocenters. The van der Waals surface area contributed by atoms with Gasteiger partial charge in [-0.3, -0.25) is 4.79 Å². The second-order valence-corrected chi connectivity index (χ2v) is 5.56. The van der Waals surface area contributed by atoms with Crippen LogP contribution >= 0.6 is 41.9 Å². The van der Waals surface area contributed by atoms with Crippen LogP contribution in [0.2, 0.25) is 5.02 Å². The number of hydrogen-bond donors (Lipinski definition) is 0.